The third-order valence-electron chi connectivity index (χ3n) is 3.60. The minimum atomic E-state index is -1.14. The van der Waals surface area contributed by atoms with Gasteiger partial charge in [0, 0.05) is 6.42 Å². The molecule has 0 bridgehead atoms. The molecule has 25 heavy (non-hydrogen) atoms. The normalized spacial score (nSPS) is 15.4. The summed E-state index contributed by atoms with van der Waals surface area (Å²) in [5.41, 5.74) is -0.0102. The molecular weight excluding hydrogens is 346 g/mol. The van der Waals surface area contributed by atoms with E-state index in [2.05, 4.69) is 5.32 Å². The van der Waals surface area contributed by atoms with E-state index in [4.69, 9.17) is 21.1 Å². The van der Waals surface area contributed by atoms with Gasteiger partial charge >= 0.3 is 12.1 Å². The van der Waals surface area contributed by atoms with Gasteiger partial charge < -0.3 is 19.9 Å². The van der Waals surface area contributed by atoms with Crippen molar-refractivity contribution >= 4 is 23.7 Å². The van der Waals surface area contributed by atoms with Crippen LogP contribution in [-0.2, 0) is 16.0 Å². The van der Waals surface area contributed by atoms with Crippen LogP contribution >= 0.6 is 11.6 Å². The van der Waals surface area contributed by atoms with Crippen LogP contribution < -0.4 is 10.1 Å². The molecule has 1 fully saturated rings. The topological polar surface area (TPSA) is 84.9 Å². The van der Waals surface area contributed by atoms with E-state index in [1.807, 2.05) is 0 Å². The number of carboxylic acid groups (broad SMARTS) is 1. The van der Waals surface area contributed by atoms with Gasteiger partial charge in [-0.3, -0.25) is 0 Å². The molecule has 2 rings (SSSR count). The number of hydrogen-bond acceptors (Lipinski definition) is 4. The Morgan fingerprint density at radius 3 is 2.56 bits per heavy atom. The lowest BCUT2D eigenvalue weighted by atomic mass is 10.1. The van der Waals surface area contributed by atoms with Crippen molar-refractivity contribution in [3.63, 3.8) is 0 Å². The number of nitrogens with one attached hydrogen (secondary N) is 1. The number of carbonyl (C=O) groups excluding carboxylic acids is 1. The van der Waals surface area contributed by atoms with Gasteiger partial charge in [0.25, 0.3) is 0 Å². The molecule has 0 saturated heterocycles. The van der Waals surface area contributed by atoms with Crippen LogP contribution in [0.3, 0.4) is 0 Å². The van der Waals surface area contributed by atoms with Crippen molar-refractivity contribution in [2.24, 2.45) is 5.92 Å². The molecule has 0 radical (unpaired) electrons. The van der Waals surface area contributed by atoms with Crippen LogP contribution in [0.25, 0.3) is 0 Å². The standard InChI is InChI=1S/C18H24ClNO5/c1-18(2,3)25-17(23)20-14(16(21)22)9-12-6-7-15(13(19)8-12)24-10-11-4-5-11/h6-8,11,14H,4-5,9-10H2,1-3H3,(H,20,23)(H,21,22)/t14-/m0/s1. The highest BCUT2D eigenvalue weighted by atomic mass is 35.5. The van der Waals surface area contributed by atoms with Gasteiger partial charge in [-0.05, 0) is 57.2 Å². The van der Waals surface area contributed by atoms with Crippen LogP contribution in [0.5, 0.6) is 5.75 Å². The minimum Gasteiger partial charge on any atom is -0.492 e. The van der Waals surface area contributed by atoms with E-state index in [-0.39, 0.29) is 6.42 Å². The Bertz CT molecular complexity index is 637. The first-order chi connectivity index (χ1) is 11.6. The summed E-state index contributed by atoms with van der Waals surface area (Å²) in [7, 11) is 0. The largest absolute Gasteiger partial charge is 0.492 e. The fourth-order valence-electron chi connectivity index (χ4n) is 2.17. The Balaban J connectivity index is 1.97. The molecule has 2 N–H and O–H groups in total. The predicted molar refractivity (Wildman–Crippen MR) is 94.2 cm³/mol. The van der Waals surface area contributed by atoms with Crippen molar-refractivity contribution in [1.29, 1.82) is 0 Å². The molecule has 0 heterocycles. The third kappa shape index (κ3) is 6.82. The fraction of sp³-hybridized carbons (Fsp3) is 0.556. The molecule has 1 aliphatic carbocycles. The molecule has 0 aliphatic heterocycles. The van der Waals surface area contributed by atoms with Gasteiger partial charge in [0.05, 0.1) is 11.6 Å². The molecule has 1 amide bonds. The number of halogens is 1. The molecule has 1 aromatic rings. The van der Waals surface area contributed by atoms with Gasteiger partial charge in [-0.15, -0.1) is 0 Å². The zero-order valence-corrected chi connectivity index (χ0v) is 15.4. The number of alkyl carbamates (subject to hydrolysis) is 1. The number of ether oxygens (including phenoxy) is 2. The third-order valence-corrected chi connectivity index (χ3v) is 3.89. The van der Waals surface area contributed by atoms with E-state index >= 15 is 0 Å². The van der Waals surface area contributed by atoms with Crippen molar-refractivity contribution < 1.29 is 24.2 Å². The Kier molecular flexibility index (Phi) is 6.16. The maximum absolute atomic E-state index is 11.8. The summed E-state index contributed by atoms with van der Waals surface area (Å²) < 4.78 is 10.7. The highest BCUT2D eigenvalue weighted by Crippen LogP contribution is 2.32. The van der Waals surface area contributed by atoms with E-state index in [9.17, 15) is 14.7 Å². The van der Waals surface area contributed by atoms with Gasteiger partial charge in [-0.1, -0.05) is 17.7 Å². The molecule has 138 valence electrons. The van der Waals surface area contributed by atoms with Crippen LogP contribution in [0.2, 0.25) is 5.02 Å². The Morgan fingerprint density at radius 1 is 1.36 bits per heavy atom. The highest BCUT2D eigenvalue weighted by Gasteiger charge is 2.25. The Labute approximate surface area is 152 Å². The monoisotopic (exact) mass is 369 g/mol. The number of carbonyl (C=O) groups is 2. The van der Waals surface area contributed by atoms with Crippen LogP contribution in [0, 0.1) is 5.92 Å². The molecule has 7 heteroatoms. The molecule has 1 saturated carbocycles. The van der Waals surface area contributed by atoms with E-state index in [0.29, 0.717) is 28.9 Å². The highest BCUT2D eigenvalue weighted by molar-refractivity contribution is 6.32. The van der Waals surface area contributed by atoms with E-state index in [1.54, 1.807) is 39.0 Å². The van der Waals surface area contributed by atoms with Gasteiger partial charge in [0.2, 0.25) is 0 Å². The summed E-state index contributed by atoms with van der Waals surface area (Å²) in [6, 6.07) is 4.04. The molecule has 1 atom stereocenters. The van der Waals surface area contributed by atoms with Crippen LogP contribution in [0.4, 0.5) is 4.79 Å². The van der Waals surface area contributed by atoms with Crippen molar-refractivity contribution in [1.82, 2.24) is 5.32 Å². The number of carboxylic acids is 1. The van der Waals surface area contributed by atoms with Gasteiger partial charge in [-0.25, -0.2) is 9.59 Å². The van der Waals surface area contributed by atoms with Gasteiger partial charge in [0.1, 0.15) is 17.4 Å². The number of aliphatic carboxylic acids is 1. The first-order valence-electron chi connectivity index (χ1n) is 8.27. The first-order valence-corrected chi connectivity index (χ1v) is 8.65. The smallest absolute Gasteiger partial charge is 0.408 e. The average Bonchev–Trinajstić information content (AvgIpc) is 3.27. The molecule has 1 aromatic carbocycles. The molecule has 6 nitrogen and oxygen atoms in total. The predicted octanol–water partition coefficient (Wildman–Crippen LogP) is 3.65. The summed E-state index contributed by atoms with van der Waals surface area (Å²) >= 11 is 6.20. The van der Waals surface area contributed by atoms with Crippen molar-refractivity contribution in [3.8, 4) is 5.75 Å². The lowest BCUT2D eigenvalue weighted by Gasteiger charge is -2.22. The van der Waals surface area contributed by atoms with Crippen LogP contribution in [0.15, 0.2) is 18.2 Å². The lowest BCUT2D eigenvalue weighted by Crippen LogP contribution is -2.44. The maximum atomic E-state index is 11.8. The van der Waals surface area contributed by atoms with Crippen LogP contribution in [-0.4, -0.2) is 35.4 Å². The van der Waals surface area contributed by atoms with Crippen molar-refractivity contribution in [3.05, 3.63) is 28.8 Å². The summed E-state index contributed by atoms with van der Waals surface area (Å²) in [5.74, 6) is 0.0606. The van der Waals surface area contributed by atoms with Gasteiger partial charge in [-0.2, -0.15) is 0 Å². The lowest BCUT2D eigenvalue weighted by molar-refractivity contribution is -0.139. The van der Waals surface area contributed by atoms with E-state index in [0.717, 1.165) is 0 Å². The number of hydrogen-bond donors (Lipinski definition) is 2. The summed E-state index contributed by atoms with van der Waals surface area (Å²) in [5, 5.41) is 12.1. The van der Waals surface area contributed by atoms with E-state index in [1.165, 1.54) is 12.8 Å². The molecule has 0 unspecified atom stereocenters. The summed E-state index contributed by atoms with van der Waals surface area (Å²) in [6.45, 7) is 5.78. The molecule has 0 aromatic heterocycles. The van der Waals surface area contributed by atoms with E-state index < -0.39 is 23.7 Å². The quantitative estimate of drug-likeness (QED) is 0.766. The van der Waals surface area contributed by atoms with Gasteiger partial charge in [0.15, 0.2) is 0 Å². The molecular formula is C18H24ClNO5. The minimum absolute atomic E-state index is 0.0944. The average molecular weight is 370 g/mol. The Hall–Kier alpha value is -1.95. The number of benzene rings is 1. The fourth-order valence-corrected chi connectivity index (χ4v) is 2.42. The van der Waals surface area contributed by atoms with Crippen molar-refractivity contribution in [2.75, 3.05) is 6.61 Å². The Morgan fingerprint density at radius 2 is 2.04 bits per heavy atom. The van der Waals surface area contributed by atoms with Crippen LogP contribution in [0.1, 0.15) is 39.2 Å². The zero-order valence-electron chi connectivity index (χ0n) is 14.7. The molecule has 0 spiro atoms. The zero-order chi connectivity index (χ0) is 18.6. The maximum Gasteiger partial charge on any atom is 0.408 e. The summed E-state index contributed by atoms with van der Waals surface area (Å²) in [6.07, 6.45) is 1.70. The second-order valence-corrected chi connectivity index (χ2v) is 7.67. The second-order valence-electron chi connectivity index (χ2n) is 7.26. The summed E-state index contributed by atoms with van der Waals surface area (Å²) in [4.78, 5) is 23.2. The number of rotatable bonds is 7. The molecule has 1 aliphatic rings. The SMILES string of the molecule is CC(C)(C)OC(=O)N[C@@H](Cc1ccc(OCC2CC2)c(Cl)c1)C(=O)O. The second kappa shape index (κ2) is 7.95. The van der Waals surface area contributed by atoms with Crippen molar-refractivity contribution in [2.45, 2.75) is 51.7 Å². The first kappa shape index (κ1) is 19.4. The number of amides is 1.